The zero-order chi connectivity index (χ0) is 15.6. The Kier molecular flexibility index (Phi) is 4.74. The van der Waals surface area contributed by atoms with Crippen molar-refractivity contribution in [3.63, 3.8) is 0 Å². The SMILES string of the molecule is CCOC(=O)c1oc(C2CCCCC2(C)C)nc1C(C)C. The Balaban J connectivity index is 2.37. The van der Waals surface area contributed by atoms with Gasteiger partial charge in [0.2, 0.25) is 5.76 Å². The van der Waals surface area contributed by atoms with Gasteiger partial charge in [-0.15, -0.1) is 0 Å². The molecule has 1 heterocycles. The molecule has 0 radical (unpaired) electrons. The Morgan fingerprint density at radius 3 is 2.71 bits per heavy atom. The summed E-state index contributed by atoms with van der Waals surface area (Å²) in [5.74, 6) is 1.05. The van der Waals surface area contributed by atoms with E-state index < -0.39 is 5.97 Å². The van der Waals surface area contributed by atoms with Crippen molar-refractivity contribution < 1.29 is 13.9 Å². The van der Waals surface area contributed by atoms with Crippen molar-refractivity contribution in [1.29, 1.82) is 0 Å². The van der Waals surface area contributed by atoms with Crippen LogP contribution in [-0.2, 0) is 4.74 Å². The molecule has 1 aliphatic rings. The molecule has 1 unspecified atom stereocenters. The summed E-state index contributed by atoms with van der Waals surface area (Å²) >= 11 is 0. The number of carbonyl (C=O) groups is 1. The number of nitrogens with zero attached hydrogens (tertiary/aromatic N) is 1. The summed E-state index contributed by atoms with van der Waals surface area (Å²) in [5, 5.41) is 0. The van der Waals surface area contributed by atoms with Gasteiger partial charge in [0.05, 0.1) is 12.3 Å². The van der Waals surface area contributed by atoms with Gasteiger partial charge in [-0.1, -0.05) is 40.5 Å². The Hall–Kier alpha value is -1.32. The lowest BCUT2D eigenvalue weighted by molar-refractivity contribution is 0.0481. The number of aromatic nitrogens is 1. The van der Waals surface area contributed by atoms with Crippen molar-refractivity contribution in [3.8, 4) is 0 Å². The van der Waals surface area contributed by atoms with Crippen LogP contribution in [-0.4, -0.2) is 17.6 Å². The van der Waals surface area contributed by atoms with Crippen LogP contribution in [0.3, 0.4) is 0 Å². The first-order valence-corrected chi connectivity index (χ1v) is 8.04. The first-order chi connectivity index (χ1) is 9.86. The minimum Gasteiger partial charge on any atom is -0.460 e. The molecular weight excluding hydrogens is 266 g/mol. The highest BCUT2D eigenvalue weighted by Gasteiger charge is 2.38. The standard InChI is InChI=1S/C17H27NO3/c1-6-20-16(19)14-13(11(2)3)18-15(21-14)12-9-7-8-10-17(12,4)5/h11-12H,6-10H2,1-5H3. The number of hydrogen-bond donors (Lipinski definition) is 0. The second-order valence-electron chi connectivity index (χ2n) is 6.93. The number of hydrogen-bond acceptors (Lipinski definition) is 4. The van der Waals surface area contributed by atoms with Gasteiger partial charge in [-0.25, -0.2) is 9.78 Å². The molecular formula is C17H27NO3. The van der Waals surface area contributed by atoms with Crippen LogP contribution in [0.25, 0.3) is 0 Å². The molecule has 0 aromatic carbocycles. The topological polar surface area (TPSA) is 52.3 Å². The van der Waals surface area contributed by atoms with Crippen molar-refractivity contribution in [2.45, 2.75) is 72.1 Å². The molecule has 0 aliphatic heterocycles. The van der Waals surface area contributed by atoms with Crippen molar-refractivity contribution >= 4 is 5.97 Å². The summed E-state index contributed by atoms with van der Waals surface area (Å²) in [4.78, 5) is 16.7. The molecule has 1 aromatic rings. The number of esters is 1. The van der Waals surface area contributed by atoms with Gasteiger partial charge >= 0.3 is 5.97 Å². The van der Waals surface area contributed by atoms with Crippen molar-refractivity contribution in [2.24, 2.45) is 5.41 Å². The van der Waals surface area contributed by atoms with E-state index in [0.29, 0.717) is 18.3 Å². The highest BCUT2D eigenvalue weighted by atomic mass is 16.5. The molecule has 0 saturated heterocycles. The summed E-state index contributed by atoms with van der Waals surface area (Å²) < 4.78 is 11.0. The molecule has 21 heavy (non-hydrogen) atoms. The van der Waals surface area contributed by atoms with Gasteiger partial charge in [-0.2, -0.15) is 0 Å². The first kappa shape index (κ1) is 16.1. The zero-order valence-electron chi connectivity index (χ0n) is 13.9. The third-order valence-corrected chi connectivity index (χ3v) is 4.48. The van der Waals surface area contributed by atoms with Gasteiger partial charge in [0.25, 0.3) is 0 Å². The van der Waals surface area contributed by atoms with Crippen molar-refractivity contribution in [2.75, 3.05) is 6.61 Å². The fraction of sp³-hybridized carbons (Fsp3) is 0.765. The molecule has 4 nitrogen and oxygen atoms in total. The summed E-state index contributed by atoms with van der Waals surface area (Å²) in [6.45, 7) is 10.7. The Morgan fingerprint density at radius 1 is 1.43 bits per heavy atom. The summed E-state index contributed by atoms with van der Waals surface area (Å²) in [6, 6.07) is 0. The molecule has 118 valence electrons. The number of oxazole rings is 1. The smallest absolute Gasteiger partial charge is 0.376 e. The molecule has 0 spiro atoms. The lowest BCUT2D eigenvalue weighted by atomic mass is 9.69. The maximum atomic E-state index is 12.1. The normalized spacial score (nSPS) is 21.5. The minimum atomic E-state index is -0.395. The van der Waals surface area contributed by atoms with Crippen LogP contribution in [0.4, 0.5) is 0 Å². The molecule has 0 bridgehead atoms. The maximum Gasteiger partial charge on any atom is 0.376 e. The highest BCUT2D eigenvalue weighted by molar-refractivity contribution is 5.87. The van der Waals surface area contributed by atoms with Gasteiger partial charge in [0.15, 0.2) is 5.89 Å². The Labute approximate surface area is 127 Å². The van der Waals surface area contributed by atoms with E-state index >= 15 is 0 Å². The predicted molar refractivity (Wildman–Crippen MR) is 81.5 cm³/mol. The first-order valence-electron chi connectivity index (χ1n) is 8.04. The average molecular weight is 293 g/mol. The lowest BCUT2D eigenvalue weighted by Gasteiger charge is -2.36. The third-order valence-electron chi connectivity index (χ3n) is 4.48. The van der Waals surface area contributed by atoms with Gasteiger partial charge in [-0.3, -0.25) is 0 Å². The van der Waals surface area contributed by atoms with E-state index in [2.05, 4.69) is 18.8 Å². The van der Waals surface area contributed by atoms with Crippen LogP contribution in [0.15, 0.2) is 4.42 Å². The fourth-order valence-electron chi connectivity index (χ4n) is 3.18. The Morgan fingerprint density at radius 2 is 2.14 bits per heavy atom. The van der Waals surface area contributed by atoms with Crippen LogP contribution in [0.2, 0.25) is 0 Å². The molecule has 1 fully saturated rings. The van der Waals surface area contributed by atoms with Crippen LogP contribution >= 0.6 is 0 Å². The van der Waals surface area contributed by atoms with E-state index in [1.54, 1.807) is 6.92 Å². The molecule has 4 heteroatoms. The summed E-state index contributed by atoms with van der Waals surface area (Å²) in [6.07, 6.45) is 4.70. The van der Waals surface area contributed by atoms with E-state index in [1.165, 1.54) is 19.3 Å². The van der Waals surface area contributed by atoms with E-state index in [4.69, 9.17) is 9.15 Å². The van der Waals surface area contributed by atoms with Crippen LogP contribution in [0.1, 0.15) is 94.3 Å². The Bertz CT molecular complexity index is 502. The van der Waals surface area contributed by atoms with Crippen molar-refractivity contribution in [3.05, 3.63) is 17.3 Å². The number of ether oxygens (including phenoxy) is 1. The zero-order valence-corrected chi connectivity index (χ0v) is 13.9. The molecule has 1 aliphatic carbocycles. The molecule has 1 saturated carbocycles. The van der Waals surface area contributed by atoms with Crippen LogP contribution < -0.4 is 0 Å². The number of carbonyl (C=O) groups excluding carboxylic acids is 1. The van der Waals surface area contributed by atoms with Crippen LogP contribution in [0, 0.1) is 5.41 Å². The second-order valence-corrected chi connectivity index (χ2v) is 6.93. The fourth-order valence-corrected chi connectivity index (χ4v) is 3.18. The summed E-state index contributed by atoms with van der Waals surface area (Å²) in [7, 11) is 0. The van der Waals surface area contributed by atoms with E-state index in [0.717, 1.165) is 12.1 Å². The monoisotopic (exact) mass is 293 g/mol. The maximum absolute atomic E-state index is 12.1. The number of rotatable bonds is 4. The van der Waals surface area contributed by atoms with Gasteiger partial charge in [0, 0.05) is 5.92 Å². The second kappa shape index (κ2) is 6.20. The van der Waals surface area contributed by atoms with Crippen LogP contribution in [0.5, 0.6) is 0 Å². The average Bonchev–Trinajstić information content (AvgIpc) is 2.83. The quantitative estimate of drug-likeness (QED) is 0.758. The highest BCUT2D eigenvalue weighted by Crippen LogP contribution is 2.47. The molecule has 2 rings (SSSR count). The van der Waals surface area contributed by atoms with Gasteiger partial charge in [-0.05, 0) is 31.1 Å². The van der Waals surface area contributed by atoms with Crippen molar-refractivity contribution in [1.82, 2.24) is 4.98 Å². The summed E-state index contributed by atoms with van der Waals surface area (Å²) in [5.41, 5.74) is 0.897. The minimum absolute atomic E-state index is 0.147. The van der Waals surface area contributed by atoms with E-state index in [9.17, 15) is 4.79 Å². The largest absolute Gasteiger partial charge is 0.460 e. The molecule has 1 aromatic heterocycles. The predicted octanol–water partition coefficient (Wildman–Crippen LogP) is 4.66. The van der Waals surface area contributed by atoms with E-state index in [1.807, 2.05) is 13.8 Å². The third kappa shape index (κ3) is 3.30. The molecule has 0 amide bonds. The lowest BCUT2D eigenvalue weighted by Crippen LogP contribution is -2.26. The van der Waals surface area contributed by atoms with Gasteiger partial charge < -0.3 is 9.15 Å². The van der Waals surface area contributed by atoms with Gasteiger partial charge in [0.1, 0.15) is 0 Å². The molecule has 0 N–H and O–H groups in total. The van der Waals surface area contributed by atoms with E-state index in [-0.39, 0.29) is 17.3 Å². The molecule has 1 atom stereocenters.